The lowest BCUT2D eigenvalue weighted by Gasteiger charge is -2.26. The topological polar surface area (TPSA) is 102 Å². The summed E-state index contributed by atoms with van der Waals surface area (Å²) in [6.45, 7) is 1.48. The lowest BCUT2D eigenvalue weighted by Crippen LogP contribution is -2.54. The molecule has 0 spiro atoms. The van der Waals surface area contributed by atoms with Gasteiger partial charge >= 0.3 is 12.0 Å². The van der Waals surface area contributed by atoms with Gasteiger partial charge in [0.1, 0.15) is 5.57 Å². The number of amides is 4. The molecule has 0 atom stereocenters. The van der Waals surface area contributed by atoms with Crippen LogP contribution in [-0.4, -0.2) is 37.0 Å². The molecule has 1 saturated heterocycles. The van der Waals surface area contributed by atoms with E-state index in [1.807, 2.05) is 0 Å². The summed E-state index contributed by atoms with van der Waals surface area (Å²) < 4.78 is 10.1. The fourth-order valence-electron chi connectivity index (χ4n) is 2.77. The first kappa shape index (κ1) is 22.3. The molecule has 1 aliphatic heterocycles. The summed E-state index contributed by atoms with van der Waals surface area (Å²) in [5.41, 5.74) is 0.345. The summed E-state index contributed by atoms with van der Waals surface area (Å²) >= 11 is 12.4. The van der Waals surface area contributed by atoms with Gasteiger partial charge in [-0.25, -0.2) is 14.5 Å². The van der Waals surface area contributed by atoms with Crippen molar-refractivity contribution in [3.05, 3.63) is 63.6 Å². The molecule has 1 fully saturated rings. The fourth-order valence-corrected chi connectivity index (χ4v) is 3.38. The van der Waals surface area contributed by atoms with E-state index in [0.717, 1.165) is 4.90 Å². The van der Waals surface area contributed by atoms with Crippen molar-refractivity contribution in [2.45, 2.75) is 6.92 Å². The van der Waals surface area contributed by atoms with Gasteiger partial charge in [-0.05, 0) is 42.8 Å². The first-order valence-electron chi connectivity index (χ1n) is 9.05. The second-order valence-electron chi connectivity index (χ2n) is 6.20. The molecule has 0 aliphatic carbocycles. The number of hydrogen-bond donors (Lipinski definition) is 1. The first-order chi connectivity index (χ1) is 14.8. The van der Waals surface area contributed by atoms with Crippen LogP contribution >= 0.6 is 23.2 Å². The first-order valence-corrected chi connectivity index (χ1v) is 9.81. The van der Waals surface area contributed by atoms with Crippen molar-refractivity contribution in [2.75, 3.05) is 18.1 Å². The number of urea groups is 1. The molecule has 0 radical (unpaired) electrons. The number of nitrogens with zero attached hydrogens (tertiary/aromatic N) is 1. The minimum absolute atomic E-state index is 0.0547. The molecule has 0 saturated carbocycles. The van der Waals surface area contributed by atoms with E-state index in [2.05, 4.69) is 5.32 Å². The van der Waals surface area contributed by atoms with Crippen LogP contribution in [0.2, 0.25) is 10.0 Å². The number of carbonyl (C=O) groups is 4. The lowest BCUT2D eigenvalue weighted by molar-refractivity contribution is -0.145. The van der Waals surface area contributed by atoms with E-state index in [-0.39, 0.29) is 34.6 Å². The normalized spacial score (nSPS) is 15.1. The van der Waals surface area contributed by atoms with E-state index in [1.165, 1.54) is 18.2 Å². The van der Waals surface area contributed by atoms with E-state index in [0.29, 0.717) is 11.3 Å². The molecule has 1 aliphatic rings. The maximum atomic E-state index is 12.9. The molecule has 160 valence electrons. The van der Waals surface area contributed by atoms with E-state index in [9.17, 15) is 19.2 Å². The zero-order valence-corrected chi connectivity index (χ0v) is 17.7. The number of barbiturate groups is 1. The largest absolute Gasteiger partial charge is 0.479 e. The van der Waals surface area contributed by atoms with Gasteiger partial charge in [-0.15, -0.1) is 0 Å². The quantitative estimate of drug-likeness (QED) is 0.399. The van der Waals surface area contributed by atoms with Crippen molar-refractivity contribution in [1.82, 2.24) is 5.32 Å². The molecular weight excluding hydrogens is 447 g/mol. The van der Waals surface area contributed by atoms with E-state index in [1.54, 1.807) is 37.3 Å². The van der Waals surface area contributed by atoms with Gasteiger partial charge in [0.05, 0.1) is 22.3 Å². The third-order valence-corrected chi connectivity index (χ3v) is 4.65. The summed E-state index contributed by atoms with van der Waals surface area (Å²) in [7, 11) is 0. The van der Waals surface area contributed by atoms with E-state index < -0.39 is 23.8 Å². The van der Waals surface area contributed by atoms with Crippen molar-refractivity contribution in [3.63, 3.8) is 0 Å². The minimum atomic E-state index is -0.850. The number of imide groups is 2. The molecule has 31 heavy (non-hydrogen) atoms. The number of nitrogens with one attached hydrogen (secondary N) is 1. The Morgan fingerprint density at radius 1 is 1.10 bits per heavy atom. The maximum Gasteiger partial charge on any atom is 0.344 e. The number of hydrogen-bond acceptors (Lipinski definition) is 6. The highest BCUT2D eigenvalue weighted by Gasteiger charge is 2.36. The summed E-state index contributed by atoms with van der Waals surface area (Å²) in [4.78, 5) is 49.6. The van der Waals surface area contributed by atoms with Gasteiger partial charge in [-0.1, -0.05) is 41.4 Å². The Bertz CT molecular complexity index is 1060. The Morgan fingerprint density at radius 2 is 1.74 bits per heavy atom. The van der Waals surface area contributed by atoms with Crippen LogP contribution in [-0.2, 0) is 19.1 Å². The van der Waals surface area contributed by atoms with E-state index in [4.69, 9.17) is 32.7 Å². The van der Waals surface area contributed by atoms with Gasteiger partial charge in [0.15, 0.2) is 12.4 Å². The Hall–Kier alpha value is -3.36. The Labute approximate surface area is 187 Å². The number of halogens is 2. The second kappa shape index (κ2) is 9.63. The highest BCUT2D eigenvalue weighted by Crippen LogP contribution is 2.35. The maximum absolute atomic E-state index is 12.9. The van der Waals surface area contributed by atoms with Gasteiger partial charge in [0, 0.05) is 0 Å². The summed E-state index contributed by atoms with van der Waals surface area (Å²) in [5.74, 6) is -2.18. The SMILES string of the molecule is CCOC(=O)COc1c(Cl)cc(C=C2C(=O)NC(=O)N(c3ccccc3)C2=O)cc1Cl. The third kappa shape index (κ3) is 5.04. The molecule has 2 aromatic rings. The van der Waals surface area contributed by atoms with Crippen LogP contribution in [0.15, 0.2) is 48.0 Å². The zero-order valence-electron chi connectivity index (χ0n) is 16.2. The summed E-state index contributed by atoms with van der Waals surface area (Å²) in [5, 5.41) is 2.25. The molecule has 3 rings (SSSR count). The van der Waals surface area contributed by atoms with Crippen LogP contribution in [0.4, 0.5) is 10.5 Å². The zero-order chi connectivity index (χ0) is 22.5. The van der Waals surface area contributed by atoms with Gasteiger partial charge in [0.2, 0.25) is 0 Å². The highest BCUT2D eigenvalue weighted by atomic mass is 35.5. The van der Waals surface area contributed by atoms with Crippen molar-refractivity contribution in [1.29, 1.82) is 0 Å². The van der Waals surface area contributed by atoms with Crippen LogP contribution in [0, 0.1) is 0 Å². The van der Waals surface area contributed by atoms with Crippen molar-refractivity contribution >= 4 is 58.8 Å². The number of ether oxygens (including phenoxy) is 2. The molecule has 0 bridgehead atoms. The molecule has 4 amide bonds. The molecule has 10 heteroatoms. The molecule has 1 heterocycles. The third-order valence-electron chi connectivity index (χ3n) is 4.09. The highest BCUT2D eigenvalue weighted by molar-refractivity contribution is 6.40. The van der Waals surface area contributed by atoms with Gasteiger partial charge in [0.25, 0.3) is 11.8 Å². The molecule has 2 aromatic carbocycles. The van der Waals surface area contributed by atoms with Crippen molar-refractivity contribution in [3.8, 4) is 5.75 Å². The summed E-state index contributed by atoms with van der Waals surface area (Å²) in [6.07, 6.45) is 1.26. The fraction of sp³-hybridized carbons (Fsp3) is 0.143. The standard InChI is InChI=1S/C21H16Cl2N2O6/c1-2-30-17(26)11-31-18-15(22)9-12(10-16(18)23)8-14-19(27)24-21(29)25(20(14)28)13-6-4-3-5-7-13/h3-10H,2,11H2,1H3,(H,24,27,29). The number of carbonyl (C=O) groups excluding carboxylic acids is 4. The number of para-hydroxylation sites is 1. The minimum Gasteiger partial charge on any atom is -0.479 e. The average Bonchev–Trinajstić information content (AvgIpc) is 2.71. The second-order valence-corrected chi connectivity index (χ2v) is 7.02. The van der Waals surface area contributed by atoms with Crippen molar-refractivity contribution < 1.29 is 28.7 Å². The molecular formula is C21H16Cl2N2O6. The Kier molecular flexibility index (Phi) is 6.94. The van der Waals surface area contributed by atoms with Gasteiger partial charge < -0.3 is 9.47 Å². The lowest BCUT2D eigenvalue weighted by atomic mass is 10.1. The number of benzene rings is 2. The van der Waals surface area contributed by atoms with Crippen LogP contribution in [0.25, 0.3) is 6.08 Å². The van der Waals surface area contributed by atoms with Gasteiger partial charge in [-0.2, -0.15) is 0 Å². The average molecular weight is 463 g/mol. The molecule has 0 unspecified atom stereocenters. The van der Waals surface area contributed by atoms with E-state index >= 15 is 0 Å². The Morgan fingerprint density at radius 3 is 2.35 bits per heavy atom. The summed E-state index contributed by atoms with van der Waals surface area (Å²) in [6, 6.07) is 10.1. The Balaban J connectivity index is 1.89. The molecule has 0 aromatic heterocycles. The van der Waals surface area contributed by atoms with Crippen LogP contribution in [0.3, 0.4) is 0 Å². The van der Waals surface area contributed by atoms with Crippen molar-refractivity contribution in [2.24, 2.45) is 0 Å². The predicted molar refractivity (Wildman–Crippen MR) is 114 cm³/mol. The van der Waals surface area contributed by atoms with Crippen LogP contribution in [0.1, 0.15) is 12.5 Å². The number of rotatable bonds is 6. The number of esters is 1. The monoisotopic (exact) mass is 462 g/mol. The van der Waals surface area contributed by atoms with Crippen LogP contribution < -0.4 is 15.0 Å². The van der Waals surface area contributed by atoms with Gasteiger partial charge in [-0.3, -0.25) is 14.9 Å². The number of anilines is 1. The smallest absolute Gasteiger partial charge is 0.344 e. The molecule has 1 N–H and O–H groups in total. The van der Waals surface area contributed by atoms with Crippen LogP contribution in [0.5, 0.6) is 5.75 Å². The molecule has 8 nitrogen and oxygen atoms in total. The predicted octanol–water partition coefficient (Wildman–Crippen LogP) is 3.60.